The number of sulfonamides is 2. The smallest absolute Gasteiger partial charge is 0.240 e. The van der Waals surface area contributed by atoms with Gasteiger partial charge in [0.05, 0.1) is 9.79 Å². The second-order valence-corrected chi connectivity index (χ2v) is 9.39. The number of nitrogens with one attached hydrogen (secondary N) is 3. The van der Waals surface area contributed by atoms with Gasteiger partial charge in [0.15, 0.2) is 0 Å². The zero-order chi connectivity index (χ0) is 20.1. The van der Waals surface area contributed by atoms with Gasteiger partial charge in [0.2, 0.25) is 26.0 Å². The maximum absolute atomic E-state index is 12.1. The molecule has 1 amide bonds. The number of carbonyl (C=O) groups excluding carboxylic acids is 1. The van der Waals surface area contributed by atoms with Gasteiger partial charge in [0.1, 0.15) is 0 Å². The minimum Gasteiger partial charge on any atom is -0.326 e. The number of aryl methyl sites for hydroxylation is 1. The molecule has 27 heavy (non-hydrogen) atoms. The number of anilines is 1. The molecule has 0 fully saturated rings. The normalized spacial score (nSPS) is 11.9. The molecule has 10 heteroatoms. The Balaban J connectivity index is 1.88. The van der Waals surface area contributed by atoms with Crippen molar-refractivity contribution in [1.29, 1.82) is 0 Å². The summed E-state index contributed by atoms with van der Waals surface area (Å²) in [5, 5.41) is 2.58. The Bertz CT molecular complexity index is 1000. The van der Waals surface area contributed by atoms with Crippen molar-refractivity contribution in [3.8, 4) is 0 Å². The van der Waals surface area contributed by atoms with Crippen molar-refractivity contribution in [3.63, 3.8) is 0 Å². The van der Waals surface area contributed by atoms with Gasteiger partial charge in [-0.2, -0.15) is 0 Å². The summed E-state index contributed by atoms with van der Waals surface area (Å²) < 4.78 is 52.1. The van der Waals surface area contributed by atoms with Crippen LogP contribution < -0.4 is 14.8 Å². The van der Waals surface area contributed by atoms with Gasteiger partial charge in [-0.05, 0) is 50.4 Å². The summed E-state index contributed by atoms with van der Waals surface area (Å²) in [6.45, 7) is 1.79. The van der Waals surface area contributed by atoms with Gasteiger partial charge in [0, 0.05) is 18.7 Å². The maximum Gasteiger partial charge on any atom is 0.240 e. The van der Waals surface area contributed by atoms with Gasteiger partial charge >= 0.3 is 0 Å². The molecule has 0 bridgehead atoms. The summed E-state index contributed by atoms with van der Waals surface area (Å²) in [5.41, 5.74) is 1.36. The van der Waals surface area contributed by atoms with Crippen LogP contribution in [0.1, 0.15) is 12.0 Å². The number of carbonyl (C=O) groups is 1. The second-order valence-electron chi connectivity index (χ2n) is 5.74. The molecule has 0 unspecified atom stereocenters. The van der Waals surface area contributed by atoms with Crippen LogP contribution in [0.2, 0.25) is 0 Å². The molecule has 0 aromatic heterocycles. The fraction of sp³-hybridized carbons (Fsp3) is 0.235. The van der Waals surface area contributed by atoms with Crippen molar-refractivity contribution in [2.24, 2.45) is 0 Å². The molecule has 0 saturated heterocycles. The van der Waals surface area contributed by atoms with Crippen molar-refractivity contribution in [2.75, 3.05) is 18.9 Å². The summed E-state index contributed by atoms with van der Waals surface area (Å²) >= 11 is 0. The van der Waals surface area contributed by atoms with E-state index in [0.29, 0.717) is 5.69 Å². The fourth-order valence-corrected chi connectivity index (χ4v) is 3.92. The van der Waals surface area contributed by atoms with E-state index in [1.54, 1.807) is 12.1 Å². The van der Waals surface area contributed by atoms with Crippen LogP contribution in [0.25, 0.3) is 0 Å². The molecule has 0 spiro atoms. The number of amides is 1. The number of benzene rings is 2. The van der Waals surface area contributed by atoms with Gasteiger partial charge < -0.3 is 5.32 Å². The molecule has 8 nitrogen and oxygen atoms in total. The first-order valence-corrected chi connectivity index (χ1v) is 11.0. The Labute approximate surface area is 159 Å². The van der Waals surface area contributed by atoms with Crippen LogP contribution in [0, 0.1) is 6.92 Å². The molecule has 0 aliphatic heterocycles. The molecule has 146 valence electrons. The largest absolute Gasteiger partial charge is 0.326 e. The first-order chi connectivity index (χ1) is 12.6. The Morgan fingerprint density at radius 3 is 1.93 bits per heavy atom. The quantitative estimate of drug-likeness (QED) is 0.603. The van der Waals surface area contributed by atoms with Crippen LogP contribution in [-0.2, 0) is 24.8 Å². The lowest BCUT2D eigenvalue weighted by atomic mass is 10.2. The fourth-order valence-electron chi connectivity index (χ4n) is 2.16. The van der Waals surface area contributed by atoms with E-state index < -0.39 is 26.0 Å². The number of hydrogen-bond donors (Lipinski definition) is 3. The monoisotopic (exact) mass is 411 g/mol. The van der Waals surface area contributed by atoms with Crippen LogP contribution in [0.3, 0.4) is 0 Å². The van der Waals surface area contributed by atoms with Crippen LogP contribution in [-0.4, -0.2) is 36.3 Å². The highest BCUT2D eigenvalue weighted by molar-refractivity contribution is 7.89. The van der Waals surface area contributed by atoms with E-state index in [4.69, 9.17) is 0 Å². The van der Waals surface area contributed by atoms with Crippen LogP contribution in [0.4, 0.5) is 5.69 Å². The highest BCUT2D eigenvalue weighted by Gasteiger charge is 2.14. The Kier molecular flexibility index (Phi) is 6.71. The standard InChI is InChI=1S/C17H21N3O5S2/c1-13-3-7-16(8-4-13)27(24,25)19-12-11-17(21)20-14-5-9-15(10-6-14)26(22,23)18-2/h3-10,18-19H,11-12H2,1-2H3,(H,20,21). The Morgan fingerprint density at radius 1 is 0.852 bits per heavy atom. The lowest BCUT2D eigenvalue weighted by Crippen LogP contribution is -2.27. The van der Waals surface area contributed by atoms with Crippen molar-refractivity contribution in [3.05, 3.63) is 54.1 Å². The van der Waals surface area contributed by atoms with Crippen LogP contribution in [0.5, 0.6) is 0 Å². The average molecular weight is 412 g/mol. The molecule has 2 aromatic rings. The lowest BCUT2D eigenvalue weighted by molar-refractivity contribution is -0.116. The summed E-state index contributed by atoms with van der Waals surface area (Å²) in [6.07, 6.45) is -0.0678. The van der Waals surface area contributed by atoms with E-state index in [9.17, 15) is 21.6 Å². The van der Waals surface area contributed by atoms with Gasteiger partial charge in [-0.3, -0.25) is 4.79 Å². The molecule has 0 saturated carbocycles. The van der Waals surface area contributed by atoms with Crippen LogP contribution in [0.15, 0.2) is 58.3 Å². The summed E-state index contributed by atoms with van der Waals surface area (Å²) in [6, 6.07) is 12.0. The van der Waals surface area contributed by atoms with Crippen molar-refractivity contribution in [1.82, 2.24) is 9.44 Å². The van der Waals surface area contributed by atoms with Gasteiger partial charge in [-0.15, -0.1) is 0 Å². The second kappa shape index (κ2) is 8.61. The minimum atomic E-state index is -3.67. The van der Waals surface area contributed by atoms with Crippen molar-refractivity contribution < 1.29 is 21.6 Å². The predicted molar refractivity (Wildman–Crippen MR) is 102 cm³/mol. The SMILES string of the molecule is CNS(=O)(=O)c1ccc(NC(=O)CCNS(=O)(=O)c2ccc(C)cc2)cc1. The summed E-state index contributed by atoms with van der Waals surface area (Å²) in [5.74, 6) is -0.397. The predicted octanol–water partition coefficient (Wildman–Crippen LogP) is 1.21. The van der Waals surface area contributed by atoms with Gasteiger partial charge in [0.25, 0.3) is 0 Å². The molecule has 0 aliphatic rings. The highest BCUT2D eigenvalue weighted by atomic mass is 32.2. The van der Waals surface area contributed by atoms with E-state index in [1.165, 1.54) is 43.4 Å². The molecular weight excluding hydrogens is 390 g/mol. The van der Waals surface area contributed by atoms with E-state index in [-0.39, 0.29) is 22.8 Å². The maximum atomic E-state index is 12.1. The molecule has 2 aromatic carbocycles. The molecule has 0 atom stereocenters. The number of rotatable bonds is 8. The molecular formula is C17H21N3O5S2. The van der Waals surface area contributed by atoms with E-state index in [2.05, 4.69) is 14.8 Å². The van der Waals surface area contributed by atoms with Crippen molar-refractivity contribution >= 4 is 31.6 Å². The average Bonchev–Trinajstić information content (AvgIpc) is 2.62. The van der Waals surface area contributed by atoms with E-state index in [1.807, 2.05) is 6.92 Å². The molecule has 0 aliphatic carbocycles. The molecule has 0 heterocycles. The summed E-state index contributed by atoms with van der Waals surface area (Å²) in [4.78, 5) is 12.2. The lowest BCUT2D eigenvalue weighted by Gasteiger charge is -2.09. The molecule has 0 radical (unpaired) electrons. The zero-order valence-corrected chi connectivity index (χ0v) is 16.5. The molecule has 3 N–H and O–H groups in total. The van der Waals surface area contributed by atoms with Gasteiger partial charge in [-0.25, -0.2) is 26.3 Å². The third-order valence-electron chi connectivity index (χ3n) is 3.69. The zero-order valence-electron chi connectivity index (χ0n) is 14.9. The van der Waals surface area contributed by atoms with E-state index >= 15 is 0 Å². The van der Waals surface area contributed by atoms with Crippen molar-refractivity contribution in [2.45, 2.75) is 23.1 Å². The third kappa shape index (κ3) is 5.86. The topological polar surface area (TPSA) is 121 Å². The highest BCUT2D eigenvalue weighted by Crippen LogP contribution is 2.14. The third-order valence-corrected chi connectivity index (χ3v) is 6.60. The first kappa shape index (κ1) is 21.0. The molecule has 2 rings (SSSR count). The van der Waals surface area contributed by atoms with E-state index in [0.717, 1.165) is 5.56 Å². The summed E-state index contributed by atoms with van der Waals surface area (Å²) in [7, 11) is -5.91. The number of hydrogen-bond acceptors (Lipinski definition) is 5. The first-order valence-electron chi connectivity index (χ1n) is 8.04. The van der Waals surface area contributed by atoms with Crippen LogP contribution >= 0.6 is 0 Å². The minimum absolute atomic E-state index is 0.0612. The Morgan fingerprint density at radius 2 is 1.37 bits per heavy atom. The van der Waals surface area contributed by atoms with Gasteiger partial charge in [-0.1, -0.05) is 17.7 Å². The Hall–Kier alpha value is -2.27.